The van der Waals surface area contributed by atoms with Gasteiger partial charge >= 0.3 is 0 Å². The summed E-state index contributed by atoms with van der Waals surface area (Å²) in [7, 11) is 1.61. The minimum Gasteiger partial charge on any atom is -0.495 e. The fraction of sp³-hybridized carbons (Fsp3) is 0.533. The van der Waals surface area contributed by atoms with Crippen LogP contribution in [0.1, 0.15) is 13.8 Å². The Morgan fingerprint density at radius 1 is 1.38 bits per heavy atom. The molecule has 0 unspecified atom stereocenters. The molecule has 0 atom stereocenters. The number of hydrogen-bond donors (Lipinski definition) is 2. The lowest BCUT2D eigenvalue weighted by atomic mass is 10.0. The van der Waals surface area contributed by atoms with Crippen LogP contribution in [0.5, 0.6) is 5.75 Å². The van der Waals surface area contributed by atoms with Crippen LogP contribution < -0.4 is 15.4 Å². The van der Waals surface area contributed by atoms with Gasteiger partial charge in [-0.05, 0) is 41.9 Å². The largest absolute Gasteiger partial charge is 0.495 e. The molecule has 0 spiro atoms. The Kier molecular flexibility index (Phi) is 5.24. The van der Waals surface area contributed by atoms with E-state index in [1.54, 1.807) is 7.11 Å². The van der Waals surface area contributed by atoms with Gasteiger partial charge in [-0.25, -0.2) is 0 Å². The number of halogens is 1. The zero-order valence-corrected chi connectivity index (χ0v) is 14.3. The van der Waals surface area contributed by atoms with Crippen molar-refractivity contribution in [2.24, 2.45) is 0 Å². The van der Waals surface area contributed by atoms with Gasteiger partial charge in [-0.3, -0.25) is 9.69 Å². The zero-order chi connectivity index (χ0) is 15.5. The summed E-state index contributed by atoms with van der Waals surface area (Å²) in [5, 5.41) is 6.28. The second kappa shape index (κ2) is 6.77. The number of ether oxygens (including phenoxy) is 1. The van der Waals surface area contributed by atoms with Crippen molar-refractivity contribution in [2.45, 2.75) is 19.4 Å². The summed E-state index contributed by atoms with van der Waals surface area (Å²) in [4.78, 5) is 14.8. The first-order chi connectivity index (χ1) is 9.95. The van der Waals surface area contributed by atoms with E-state index in [1.807, 2.05) is 32.0 Å². The number of benzene rings is 1. The summed E-state index contributed by atoms with van der Waals surface area (Å²) in [5.74, 6) is 0.696. The van der Waals surface area contributed by atoms with Gasteiger partial charge in [0, 0.05) is 37.9 Å². The monoisotopic (exact) mass is 355 g/mol. The summed E-state index contributed by atoms with van der Waals surface area (Å²) in [6, 6.07) is 5.54. The summed E-state index contributed by atoms with van der Waals surface area (Å²) in [6.45, 7) is 7.52. The van der Waals surface area contributed by atoms with Crippen LogP contribution in [-0.2, 0) is 4.79 Å². The molecule has 1 aromatic rings. The third kappa shape index (κ3) is 3.75. The van der Waals surface area contributed by atoms with E-state index in [9.17, 15) is 4.79 Å². The highest BCUT2D eigenvalue weighted by Gasteiger charge is 2.35. The number of piperazine rings is 1. The molecule has 116 valence electrons. The van der Waals surface area contributed by atoms with E-state index >= 15 is 0 Å². The SMILES string of the molecule is COc1cc(NC(=O)C(C)(C)N2CCNCC2)ccc1Br. The van der Waals surface area contributed by atoms with Crippen molar-refractivity contribution in [3.8, 4) is 5.75 Å². The van der Waals surface area contributed by atoms with E-state index in [1.165, 1.54) is 0 Å². The summed E-state index contributed by atoms with van der Waals surface area (Å²) >= 11 is 3.41. The minimum atomic E-state index is -0.539. The fourth-order valence-electron chi connectivity index (χ4n) is 2.39. The van der Waals surface area contributed by atoms with Crippen molar-refractivity contribution < 1.29 is 9.53 Å². The molecule has 0 aromatic heterocycles. The first-order valence-electron chi connectivity index (χ1n) is 7.06. The predicted molar refractivity (Wildman–Crippen MR) is 87.8 cm³/mol. The van der Waals surface area contributed by atoms with Crippen LogP contribution in [0.2, 0.25) is 0 Å². The normalized spacial score (nSPS) is 16.6. The smallest absolute Gasteiger partial charge is 0.244 e. The number of anilines is 1. The molecule has 6 heteroatoms. The Morgan fingerprint density at radius 3 is 2.67 bits per heavy atom. The third-order valence-corrected chi connectivity index (χ3v) is 4.53. The lowest BCUT2D eigenvalue weighted by molar-refractivity contribution is -0.126. The molecule has 2 N–H and O–H groups in total. The van der Waals surface area contributed by atoms with Crippen molar-refractivity contribution in [3.05, 3.63) is 22.7 Å². The molecule has 1 aliphatic heterocycles. The Morgan fingerprint density at radius 2 is 2.05 bits per heavy atom. The molecular formula is C15H22BrN3O2. The number of amides is 1. The predicted octanol–water partition coefficient (Wildman–Crippen LogP) is 2.08. The Bertz CT molecular complexity index is 514. The molecule has 1 amide bonds. The summed E-state index contributed by atoms with van der Waals surface area (Å²) in [5.41, 5.74) is 0.200. The molecule has 21 heavy (non-hydrogen) atoms. The number of nitrogens with one attached hydrogen (secondary N) is 2. The van der Waals surface area contributed by atoms with Crippen molar-refractivity contribution in [2.75, 3.05) is 38.6 Å². The van der Waals surface area contributed by atoms with Gasteiger partial charge in [0.1, 0.15) is 5.75 Å². The maximum atomic E-state index is 12.6. The molecular weight excluding hydrogens is 334 g/mol. The van der Waals surface area contributed by atoms with Crippen molar-refractivity contribution in [1.82, 2.24) is 10.2 Å². The highest BCUT2D eigenvalue weighted by molar-refractivity contribution is 9.10. The molecule has 5 nitrogen and oxygen atoms in total. The molecule has 1 fully saturated rings. The molecule has 2 rings (SSSR count). The Labute approximate surface area is 134 Å². The second-order valence-electron chi connectivity index (χ2n) is 5.60. The number of carbonyl (C=O) groups is 1. The standard InChI is InChI=1S/C15H22BrN3O2/c1-15(2,19-8-6-17-7-9-19)14(20)18-11-4-5-12(16)13(10-11)21-3/h4-5,10,17H,6-9H2,1-3H3,(H,18,20). The van der Waals surface area contributed by atoms with E-state index in [0.29, 0.717) is 5.75 Å². The topological polar surface area (TPSA) is 53.6 Å². The third-order valence-electron chi connectivity index (χ3n) is 3.87. The van der Waals surface area contributed by atoms with Crippen LogP contribution in [0.4, 0.5) is 5.69 Å². The van der Waals surface area contributed by atoms with E-state index in [-0.39, 0.29) is 5.91 Å². The van der Waals surface area contributed by atoms with Gasteiger partial charge in [-0.2, -0.15) is 0 Å². The number of methoxy groups -OCH3 is 1. The van der Waals surface area contributed by atoms with Gasteiger partial charge in [0.25, 0.3) is 0 Å². The molecule has 1 aliphatic rings. The van der Waals surface area contributed by atoms with E-state index in [2.05, 4.69) is 31.5 Å². The molecule has 0 radical (unpaired) electrons. The first-order valence-corrected chi connectivity index (χ1v) is 7.85. The van der Waals surface area contributed by atoms with Gasteiger partial charge in [0.2, 0.25) is 5.91 Å². The zero-order valence-electron chi connectivity index (χ0n) is 12.7. The van der Waals surface area contributed by atoms with Crippen molar-refractivity contribution in [3.63, 3.8) is 0 Å². The minimum absolute atomic E-state index is 0.00576. The number of hydrogen-bond acceptors (Lipinski definition) is 4. The molecule has 1 heterocycles. The van der Waals surface area contributed by atoms with Crippen LogP contribution in [0.3, 0.4) is 0 Å². The Hall–Kier alpha value is -1.11. The number of nitrogens with zero attached hydrogens (tertiary/aromatic N) is 1. The Balaban J connectivity index is 2.09. The van der Waals surface area contributed by atoms with Gasteiger partial charge in [0.05, 0.1) is 17.1 Å². The first kappa shape index (κ1) is 16.3. The molecule has 0 saturated carbocycles. The van der Waals surface area contributed by atoms with Crippen LogP contribution in [-0.4, -0.2) is 49.6 Å². The van der Waals surface area contributed by atoms with E-state index in [4.69, 9.17) is 4.74 Å². The van der Waals surface area contributed by atoms with E-state index < -0.39 is 5.54 Å². The van der Waals surface area contributed by atoms with Crippen molar-refractivity contribution >= 4 is 27.5 Å². The highest BCUT2D eigenvalue weighted by Crippen LogP contribution is 2.28. The summed E-state index contributed by atoms with van der Waals surface area (Å²) < 4.78 is 6.12. The molecule has 1 saturated heterocycles. The summed E-state index contributed by atoms with van der Waals surface area (Å²) in [6.07, 6.45) is 0. The molecule has 1 aromatic carbocycles. The fourth-order valence-corrected chi connectivity index (χ4v) is 2.80. The van der Waals surface area contributed by atoms with Gasteiger partial charge in [0.15, 0.2) is 0 Å². The van der Waals surface area contributed by atoms with Gasteiger partial charge in [-0.15, -0.1) is 0 Å². The number of carbonyl (C=O) groups excluding carboxylic acids is 1. The average Bonchev–Trinajstić information content (AvgIpc) is 2.50. The average molecular weight is 356 g/mol. The van der Waals surface area contributed by atoms with Crippen LogP contribution in [0.15, 0.2) is 22.7 Å². The van der Waals surface area contributed by atoms with E-state index in [0.717, 1.165) is 36.3 Å². The highest BCUT2D eigenvalue weighted by atomic mass is 79.9. The van der Waals surface area contributed by atoms with Crippen LogP contribution in [0.25, 0.3) is 0 Å². The number of rotatable bonds is 4. The maximum absolute atomic E-state index is 12.6. The molecule has 0 bridgehead atoms. The second-order valence-corrected chi connectivity index (χ2v) is 6.45. The van der Waals surface area contributed by atoms with Crippen LogP contribution >= 0.6 is 15.9 Å². The van der Waals surface area contributed by atoms with Crippen LogP contribution in [0, 0.1) is 0 Å². The van der Waals surface area contributed by atoms with Crippen molar-refractivity contribution in [1.29, 1.82) is 0 Å². The van der Waals surface area contributed by atoms with Gasteiger partial charge < -0.3 is 15.4 Å². The quantitative estimate of drug-likeness (QED) is 0.868. The lowest BCUT2D eigenvalue weighted by Crippen LogP contribution is -2.58. The maximum Gasteiger partial charge on any atom is 0.244 e. The molecule has 0 aliphatic carbocycles. The lowest BCUT2D eigenvalue weighted by Gasteiger charge is -2.39. The van der Waals surface area contributed by atoms with Gasteiger partial charge in [-0.1, -0.05) is 0 Å².